The van der Waals surface area contributed by atoms with Crippen molar-refractivity contribution in [3.63, 3.8) is 0 Å². The first-order valence-electron chi connectivity index (χ1n) is 5.94. The quantitative estimate of drug-likeness (QED) is 0.766. The van der Waals surface area contributed by atoms with E-state index < -0.39 is 12.0 Å². The summed E-state index contributed by atoms with van der Waals surface area (Å²) in [7, 11) is 1.54. The van der Waals surface area contributed by atoms with Crippen LogP contribution in [-0.2, 0) is 4.79 Å². The van der Waals surface area contributed by atoms with Crippen molar-refractivity contribution in [2.75, 3.05) is 39.8 Å². The number of hydrogen-bond acceptors (Lipinski definition) is 3. The van der Waals surface area contributed by atoms with E-state index in [2.05, 4.69) is 11.8 Å². The van der Waals surface area contributed by atoms with Crippen LogP contribution in [0, 0.1) is 0 Å². The first-order chi connectivity index (χ1) is 7.97. The molecule has 1 aliphatic heterocycles. The average Bonchev–Trinajstić information content (AvgIpc) is 2.36. The van der Waals surface area contributed by atoms with Gasteiger partial charge in [-0.05, 0) is 13.5 Å². The molecule has 1 rings (SSSR count). The molecular weight excluding hydrogens is 222 g/mol. The summed E-state index contributed by atoms with van der Waals surface area (Å²) >= 11 is 0. The molecule has 1 heterocycles. The maximum atomic E-state index is 12.0. The fourth-order valence-electron chi connectivity index (χ4n) is 1.81. The lowest BCUT2D eigenvalue weighted by atomic mass is 10.3. The van der Waals surface area contributed by atoms with E-state index in [9.17, 15) is 9.59 Å². The maximum Gasteiger partial charge on any atom is 0.326 e. The summed E-state index contributed by atoms with van der Waals surface area (Å²) in [6.07, 6.45) is 0. The number of hydrogen-bond donors (Lipinski definition) is 1. The second kappa shape index (κ2) is 5.86. The van der Waals surface area contributed by atoms with Gasteiger partial charge in [-0.15, -0.1) is 0 Å². The Labute approximate surface area is 102 Å². The van der Waals surface area contributed by atoms with Crippen molar-refractivity contribution in [1.29, 1.82) is 0 Å². The third kappa shape index (κ3) is 3.33. The van der Waals surface area contributed by atoms with Crippen molar-refractivity contribution in [1.82, 2.24) is 14.7 Å². The van der Waals surface area contributed by atoms with E-state index in [-0.39, 0.29) is 6.03 Å². The molecule has 0 aromatic carbocycles. The molecule has 1 atom stereocenters. The van der Waals surface area contributed by atoms with Crippen molar-refractivity contribution in [2.24, 2.45) is 0 Å². The molecule has 17 heavy (non-hydrogen) atoms. The van der Waals surface area contributed by atoms with Gasteiger partial charge in [-0.1, -0.05) is 6.92 Å². The highest BCUT2D eigenvalue weighted by atomic mass is 16.4. The van der Waals surface area contributed by atoms with Gasteiger partial charge in [0.2, 0.25) is 0 Å². The number of carbonyl (C=O) groups is 2. The van der Waals surface area contributed by atoms with Crippen LogP contribution in [0.25, 0.3) is 0 Å². The number of carbonyl (C=O) groups excluding carboxylic acids is 1. The first kappa shape index (κ1) is 13.8. The molecule has 0 aromatic rings. The number of rotatable bonds is 3. The van der Waals surface area contributed by atoms with E-state index in [1.165, 1.54) is 18.9 Å². The van der Waals surface area contributed by atoms with Crippen molar-refractivity contribution in [2.45, 2.75) is 19.9 Å². The molecule has 1 saturated heterocycles. The third-order valence-electron chi connectivity index (χ3n) is 3.33. The lowest BCUT2D eigenvalue weighted by molar-refractivity contribution is -0.141. The summed E-state index contributed by atoms with van der Waals surface area (Å²) in [6, 6.07) is -0.984. The number of amides is 2. The lowest BCUT2D eigenvalue weighted by Crippen LogP contribution is -2.54. The van der Waals surface area contributed by atoms with Crippen molar-refractivity contribution >= 4 is 12.0 Å². The number of aliphatic carboxylic acids is 1. The molecule has 0 radical (unpaired) electrons. The zero-order valence-corrected chi connectivity index (χ0v) is 10.7. The molecule has 2 amide bonds. The Morgan fingerprint density at radius 1 is 1.29 bits per heavy atom. The SMILES string of the molecule is CCN1CCN(C(=O)N(C)C(C)C(=O)O)CC1. The molecular formula is C11H21N3O3. The number of urea groups is 1. The van der Waals surface area contributed by atoms with E-state index >= 15 is 0 Å². The van der Waals surface area contributed by atoms with Crippen molar-refractivity contribution < 1.29 is 14.7 Å². The fraction of sp³-hybridized carbons (Fsp3) is 0.818. The van der Waals surface area contributed by atoms with E-state index in [4.69, 9.17) is 5.11 Å². The van der Waals surface area contributed by atoms with Crippen LogP contribution < -0.4 is 0 Å². The number of piperazine rings is 1. The fourth-order valence-corrected chi connectivity index (χ4v) is 1.81. The minimum Gasteiger partial charge on any atom is -0.480 e. The van der Waals surface area contributed by atoms with Crippen LogP contribution in [0.5, 0.6) is 0 Å². The van der Waals surface area contributed by atoms with E-state index in [0.717, 1.165) is 19.6 Å². The van der Waals surface area contributed by atoms with Crippen molar-refractivity contribution in [3.8, 4) is 0 Å². The number of nitrogens with zero attached hydrogens (tertiary/aromatic N) is 3. The minimum absolute atomic E-state index is 0.198. The Morgan fingerprint density at radius 2 is 1.82 bits per heavy atom. The number of carboxylic acid groups (broad SMARTS) is 1. The zero-order chi connectivity index (χ0) is 13.0. The van der Waals surface area contributed by atoms with Crippen LogP contribution in [0.3, 0.4) is 0 Å². The van der Waals surface area contributed by atoms with Crippen LogP contribution in [0.1, 0.15) is 13.8 Å². The Balaban J connectivity index is 2.51. The van der Waals surface area contributed by atoms with Gasteiger partial charge in [-0.2, -0.15) is 0 Å². The van der Waals surface area contributed by atoms with Crippen LogP contribution in [-0.4, -0.2) is 77.6 Å². The molecule has 0 saturated carbocycles. The molecule has 1 fully saturated rings. The minimum atomic E-state index is -0.979. The van der Waals surface area contributed by atoms with Crippen LogP contribution in [0.2, 0.25) is 0 Å². The highest BCUT2D eigenvalue weighted by Gasteiger charge is 2.27. The van der Waals surface area contributed by atoms with Crippen molar-refractivity contribution in [3.05, 3.63) is 0 Å². The normalized spacial score (nSPS) is 18.9. The largest absolute Gasteiger partial charge is 0.480 e. The monoisotopic (exact) mass is 243 g/mol. The van der Waals surface area contributed by atoms with Gasteiger partial charge in [0.15, 0.2) is 0 Å². The van der Waals surface area contributed by atoms with Gasteiger partial charge in [-0.25, -0.2) is 9.59 Å². The van der Waals surface area contributed by atoms with Crippen LogP contribution in [0.15, 0.2) is 0 Å². The average molecular weight is 243 g/mol. The number of likely N-dealkylation sites (N-methyl/N-ethyl adjacent to an activating group) is 2. The standard InChI is InChI=1S/C11H21N3O3/c1-4-13-5-7-14(8-6-13)11(17)12(3)9(2)10(15)16/h9H,4-8H2,1-3H3,(H,15,16). The Kier molecular flexibility index (Phi) is 4.74. The summed E-state index contributed by atoms with van der Waals surface area (Å²) in [5.74, 6) is -0.979. The van der Waals surface area contributed by atoms with Gasteiger partial charge in [0.05, 0.1) is 0 Å². The van der Waals surface area contributed by atoms with Gasteiger partial charge in [0.25, 0.3) is 0 Å². The second-order valence-electron chi connectivity index (χ2n) is 4.33. The van der Waals surface area contributed by atoms with E-state index in [1.54, 1.807) is 4.90 Å². The highest BCUT2D eigenvalue weighted by Crippen LogP contribution is 2.07. The molecule has 6 nitrogen and oxygen atoms in total. The summed E-state index contributed by atoms with van der Waals surface area (Å²) in [6.45, 7) is 7.66. The Morgan fingerprint density at radius 3 is 2.24 bits per heavy atom. The molecule has 1 N–H and O–H groups in total. The van der Waals surface area contributed by atoms with E-state index in [0.29, 0.717) is 13.1 Å². The smallest absolute Gasteiger partial charge is 0.326 e. The molecule has 0 aromatic heterocycles. The van der Waals surface area contributed by atoms with Crippen LogP contribution >= 0.6 is 0 Å². The van der Waals surface area contributed by atoms with Gasteiger partial charge in [-0.3, -0.25) is 0 Å². The predicted molar refractivity (Wildman–Crippen MR) is 63.9 cm³/mol. The zero-order valence-electron chi connectivity index (χ0n) is 10.7. The molecule has 1 unspecified atom stereocenters. The highest BCUT2D eigenvalue weighted by molar-refractivity contribution is 5.82. The topological polar surface area (TPSA) is 64.1 Å². The van der Waals surface area contributed by atoms with Gasteiger partial charge in [0, 0.05) is 33.2 Å². The summed E-state index contributed by atoms with van der Waals surface area (Å²) < 4.78 is 0. The molecule has 6 heteroatoms. The Hall–Kier alpha value is -1.30. The maximum absolute atomic E-state index is 12.0. The Bertz CT molecular complexity index is 288. The molecule has 0 aliphatic carbocycles. The molecule has 98 valence electrons. The van der Waals surface area contributed by atoms with Crippen LogP contribution in [0.4, 0.5) is 4.79 Å². The number of carboxylic acids is 1. The summed E-state index contributed by atoms with van der Waals surface area (Å²) in [4.78, 5) is 28.1. The van der Waals surface area contributed by atoms with Gasteiger partial charge in [0.1, 0.15) is 6.04 Å². The lowest BCUT2D eigenvalue weighted by Gasteiger charge is -2.37. The first-order valence-corrected chi connectivity index (χ1v) is 5.94. The third-order valence-corrected chi connectivity index (χ3v) is 3.33. The summed E-state index contributed by atoms with van der Waals surface area (Å²) in [5, 5.41) is 8.86. The molecule has 0 spiro atoms. The molecule has 0 bridgehead atoms. The van der Waals surface area contributed by atoms with E-state index in [1.807, 2.05) is 0 Å². The predicted octanol–water partition coefficient (Wildman–Crippen LogP) is 0.149. The molecule has 1 aliphatic rings. The van der Waals surface area contributed by atoms with Gasteiger partial charge < -0.3 is 19.8 Å². The second-order valence-corrected chi connectivity index (χ2v) is 4.33. The summed E-state index contributed by atoms with van der Waals surface area (Å²) in [5.41, 5.74) is 0. The van der Waals surface area contributed by atoms with Gasteiger partial charge >= 0.3 is 12.0 Å².